The van der Waals surface area contributed by atoms with E-state index < -0.39 is 0 Å². The maximum Gasteiger partial charge on any atom is 0.273 e. The maximum atomic E-state index is 12.2. The number of nitrogens with zero attached hydrogens (tertiary/aromatic N) is 1. The first kappa shape index (κ1) is 14.2. The standard InChI is InChI=1S/C19H21N3O/c1-12-8-10-13(11-9-12)17-15-7-5-3-2-4-6-14(15)16-18(20-17)21-22-19(16)23/h8-11H,2-7H2,1H3,(H2,20,21,22,23). The van der Waals surface area contributed by atoms with Crippen LogP contribution in [0.4, 0.5) is 0 Å². The van der Waals surface area contributed by atoms with Crippen molar-refractivity contribution >= 4 is 11.0 Å². The monoisotopic (exact) mass is 307 g/mol. The molecule has 2 aromatic heterocycles. The van der Waals surface area contributed by atoms with Crippen LogP contribution < -0.4 is 5.56 Å². The second kappa shape index (κ2) is 5.69. The van der Waals surface area contributed by atoms with Gasteiger partial charge in [0.15, 0.2) is 5.65 Å². The zero-order valence-corrected chi connectivity index (χ0v) is 13.4. The molecule has 2 heterocycles. The normalized spacial score (nSPS) is 15.2. The van der Waals surface area contributed by atoms with Gasteiger partial charge in [0.2, 0.25) is 0 Å². The molecule has 118 valence electrons. The summed E-state index contributed by atoms with van der Waals surface area (Å²) < 4.78 is 0. The van der Waals surface area contributed by atoms with Crippen LogP contribution in [-0.4, -0.2) is 15.2 Å². The third-order valence-corrected chi connectivity index (χ3v) is 4.86. The lowest BCUT2D eigenvalue weighted by molar-refractivity contribution is 0.618. The van der Waals surface area contributed by atoms with Gasteiger partial charge in [0.05, 0.1) is 11.1 Å². The van der Waals surface area contributed by atoms with Crippen LogP contribution in [0.15, 0.2) is 29.1 Å². The van der Waals surface area contributed by atoms with Gasteiger partial charge >= 0.3 is 0 Å². The van der Waals surface area contributed by atoms with Crippen LogP contribution in [0.2, 0.25) is 0 Å². The summed E-state index contributed by atoms with van der Waals surface area (Å²) in [5.74, 6) is 0. The third kappa shape index (κ3) is 2.48. The van der Waals surface area contributed by atoms with Gasteiger partial charge in [-0.25, -0.2) is 4.98 Å². The van der Waals surface area contributed by atoms with Crippen LogP contribution in [0.5, 0.6) is 0 Å². The number of aromatic amines is 2. The van der Waals surface area contributed by atoms with Crippen LogP contribution in [0.25, 0.3) is 22.3 Å². The second-order valence-corrected chi connectivity index (χ2v) is 6.50. The van der Waals surface area contributed by atoms with E-state index in [-0.39, 0.29) is 5.56 Å². The zero-order valence-electron chi connectivity index (χ0n) is 13.4. The Morgan fingerprint density at radius 2 is 1.61 bits per heavy atom. The van der Waals surface area contributed by atoms with Crippen LogP contribution in [0, 0.1) is 6.92 Å². The summed E-state index contributed by atoms with van der Waals surface area (Å²) in [6.45, 7) is 2.09. The average molecular weight is 307 g/mol. The van der Waals surface area contributed by atoms with E-state index in [4.69, 9.17) is 4.98 Å². The van der Waals surface area contributed by atoms with Gasteiger partial charge in [-0.1, -0.05) is 42.7 Å². The highest BCUT2D eigenvalue weighted by atomic mass is 16.1. The molecular formula is C19H21N3O. The summed E-state index contributed by atoms with van der Waals surface area (Å²) in [6, 6.07) is 8.51. The minimum absolute atomic E-state index is 0.0419. The van der Waals surface area contributed by atoms with Crippen LogP contribution in [0.1, 0.15) is 42.4 Å². The number of aromatic nitrogens is 3. The van der Waals surface area contributed by atoms with E-state index in [1.165, 1.54) is 36.0 Å². The zero-order chi connectivity index (χ0) is 15.8. The molecule has 0 atom stereocenters. The molecule has 0 fully saturated rings. The molecule has 0 amide bonds. The van der Waals surface area contributed by atoms with Crippen molar-refractivity contribution < 1.29 is 0 Å². The van der Waals surface area contributed by atoms with Crippen molar-refractivity contribution in [3.05, 3.63) is 51.3 Å². The molecule has 4 rings (SSSR count). The molecule has 4 nitrogen and oxygen atoms in total. The van der Waals surface area contributed by atoms with Gasteiger partial charge in [-0.3, -0.25) is 15.0 Å². The lowest BCUT2D eigenvalue weighted by atomic mass is 9.89. The minimum Gasteiger partial charge on any atom is -0.281 e. The van der Waals surface area contributed by atoms with E-state index in [0.717, 1.165) is 35.9 Å². The van der Waals surface area contributed by atoms with Gasteiger partial charge in [0, 0.05) is 5.56 Å². The van der Waals surface area contributed by atoms with Gasteiger partial charge in [-0.05, 0) is 43.7 Å². The Bertz CT molecular complexity index is 903. The molecule has 3 aromatic rings. The van der Waals surface area contributed by atoms with Crippen molar-refractivity contribution in [2.75, 3.05) is 0 Å². The van der Waals surface area contributed by atoms with Gasteiger partial charge in [0.25, 0.3) is 5.56 Å². The lowest BCUT2D eigenvalue weighted by Crippen LogP contribution is -2.09. The Morgan fingerprint density at radius 3 is 2.35 bits per heavy atom. The summed E-state index contributed by atoms with van der Waals surface area (Å²) in [4.78, 5) is 17.0. The van der Waals surface area contributed by atoms with E-state index in [1.54, 1.807) is 0 Å². The SMILES string of the molecule is Cc1ccc(-c2nc3[nH][nH]c(=O)c3c3c2CCCCCC3)cc1. The predicted octanol–water partition coefficient (Wildman–Crippen LogP) is 3.89. The molecule has 1 aromatic carbocycles. The molecule has 1 aliphatic carbocycles. The van der Waals surface area contributed by atoms with Crippen molar-refractivity contribution in [1.82, 2.24) is 15.2 Å². The summed E-state index contributed by atoms with van der Waals surface area (Å²) in [5, 5.41) is 6.42. The molecule has 1 aliphatic rings. The Morgan fingerprint density at radius 1 is 0.913 bits per heavy atom. The fraction of sp³-hybridized carbons (Fsp3) is 0.368. The summed E-state index contributed by atoms with van der Waals surface area (Å²) in [6.07, 6.45) is 6.78. The number of rotatable bonds is 1. The van der Waals surface area contributed by atoms with Crippen LogP contribution >= 0.6 is 0 Å². The van der Waals surface area contributed by atoms with E-state index in [0.29, 0.717) is 5.65 Å². The molecule has 0 unspecified atom stereocenters. The number of fused-ring (bicyclic) bond motifs is 3. The average Bonchev–Trinajstić information content (AvgIpc) is 2.89. The van der Waals surface area contributed by atoms with Crippen LogP contribution in [-0.2, 0) is 12.8 Å². The Labute approximate surface area is 134 Å². The Balaban J connectivity index is 2.01. The largest absolute Gasteiger partial charge is 0.281 e. The van der Waals surface area contributed by atoms with Crippen molar-refractivity contribution in [2.24, 2.45) is 0 Å². The number of nitrogens with one attached hydrogen (secondary N) is 2. The first-order valence-electron chi connectivity index (χ1n) is 8.43. The van der Waals surface area contributed by atoms with Crippen molar-refractivity contribution in [1.29, 1.82) is 0 Å². The van der Waals surface area contributed by atoms with E-state index in [2.05, 4.69) is 41.4 Å². The van der Waals surface area contributed by atoms with Crippen molar-refractivity contribution in [3.8, 4) is 11.3 Å². The number of hydrogen-bond acceptors (Lipinski definition) is 2. The number of benzene rings is 1. The first-order chi connectivity index (χ1) is 11.2. The van der Waals surface area contributed by atoms with E-state index in [1.807, 2.05) is 0 Å². The fourth-order valence-electron chi connectivity index (χ4n) is 3.64. The molecule has 0 spiro atoms. The molecule has 0 aliphatic heterocycles. The molecular weight excluding hydrogens is 286 g/mol. The molecule has 2 N–H and O–H groups in total. The number of hydrogen-bond donors (Lipinski definition) is 2. The van der Waals surface area contributed by atoms with Gasteiger partial charge < -0.3 is 0 Å². The maximum absolute atomic E-state index is 12.2. The fourth-order valence-corrected chi connectivity index (χ4v) is 3.64. The van der Waals surface area contributed by atoms with Gasteiger partial charge in [-0.2, -0.15) is 0 Å². The highest BCUT2D eigenvalue weighted by Gasteiger charge is 2.20. The second-order valence-electron chi connectivity index (χ2n) is 6.50. The first-order valence-corrected chi connectivity index (χ1v) is 8.43. The highest BCUT2D eigenvalue weighted by molar-refractivity contribution is 5.84. The Hall–Kier alpha value is -2.36. The molecule has 23 heavy (non-hydrogen) atoms. The summed E-state index contributed by atoms with van der Waals surface area (Å²) in [7, 11) is 0. The van der Waals surface area contributed by atoms with Crippen molar-refractivity contribution in [3.63, 3.8) is 0 Å². The third-order valence-electron chi connectivity index (χ3n) is 4.86. The lowest BCUT2D eigenvalue weighted by Gasteiger charge is -2.18. The molecule has 0 bridgehead atoms. The topological polar surface area (TPSA) is 61.5 Å². The van der Waals surface area contributed by atoms with Crippen LogP contribution in [0.3, 0.4) is 0 Å². The molecule has 0 radical (unpaired) electrons. The predicted molar refractivity (Wildman–Crippen MR) is 92.8 cm³/mol. The number of pyridine rings is 1. The Kier molecular flexibility index (Phi) is 3.52. The van der Waals surface area contributed by atoms with E-state index >= 15 is 0 Å². The number of aryl methyl sites for hydroxylation is 2. The number of H-pyrrole nitrogens is 2. The molecule has 0 saturated heterocycles. The van der Waals surface area contributed by atoms with Gasteiger partial charge in [0.1, 0.15) is 0 Å². The van der Waals surface area contributed by atoms with Crippen molar-refractivity contribution in [2.45, 2.75) is 45.4 Å². The molecule has 4 heteroatoms. The minimum atomic E-state index is -0.0419. The quantitative estimate of drug-likeness (QED) is 0.716. The van der Waals surface area contributed by atoms with Gasteiger partial charge in [-0.15, -0.1) is 0 Å². The summed E-state index contributed by atoms with van der Waals surface area (Å²) >= 11 is 0. The summed E-state index contributed by atoms with van der Waals surface area (Å²) in [5.41, 5.74) is 6.53. The van der Waals surface area contributed by atoms with E-state index in [9.17, 15) is 4.79 Å². The smallest absolute Gasteiger partial charge is 0.273 e. The highest BCUT2D eigenvalue weighted by Crippen LogP contribution is 2.32. The molecule has 0 saturated carbocycles.